The molecule has 0 heterocycles. The maximum Gasteiger partial charge on any atom is 0.273 e. The molecule has 6 heteroatoms. The lowest BCUT2D eigenvalue weighted by Gasteiger charge is -2.09. The predicted octanol–water partition coefficient (Wildman–Crippen LogP) is 2.60. The molecule has 6 nitrogen and oxygen atoms in total. The molecule has 0 amide bonds. The van der Waals surface area contributed by atoms with Gasteiger partial charge in [-0.2, -0.15) is 0 Å². The van der Waals surface area contributed by atoms with Gasteiger partial charge in [0.25, 0.3) is 5.69 Å². The van der Waals surface area contributed by atoms with E-state index in [1.807, 2.05) is 13.0 Å². The van der Waals surface area contributed by atoms with Crippen molar-refractivity contribution < 1.29 is 10.0 Å². The van der Waals surface area contributed by atoms with Crippen LogP contribution < -0.4 is 10.6 Å². The van der Waals surface area contributed by atoms with Crippen molar-refractivity contribution in [3.05, 3.63) is 28.3 Å². The number of aliphatic hydroxyl groups is 1. The van der Waals surface area contributed by atoms with Crippen LogP contribution in [-0.4, -0.2) is 29.7 Å². The van der Waals surface area contributed by atoms with Crippen LogP contribution in [0.15, 0.2) is 18.2 Å². The number of nitrogens with zero attached hydrogens (tertiary/aromatic N) is 1. The van der Waals surface area contributed by atoms with Crippen LogP contribution in [0, 0.1) is 10.1 Å². The summed E-state index contributed by atoms with van der Waals surface area (Å²) in [6.45, 7) is 3.62. The van der Waals surface area contributed by atoms with Crippen LogP contribution in [0.5, 0.6) is 0 Å². The zero-order valence-electron chi connectivity index (χ0n) is 11.2. The van der Waals surface area contributed by atoms with Crippen LogP contribution in [0.4, 0.5) is 17.1 Å². The van der Waals surface area contributed by atoms with Gasteiger partial charge in [0.15, 0.2) is 0 Å². The molecule has 0 atom stereocenters. The molecule has 0 aliphatic heterocycles. The number of aliphatic hydroxyl groups excluding tert-OH is 1. The molecule has 1 rings (SSSR count). The summed E-state index contributed by atoms with van der Waals surface area (Å²) in [5.74, 6) is 0. The van der Waals surface area contributed by atoms with E-state index in [-0.39, 0.29) is 12.3 Å². The van der Waals surface area contributed by atoms with Crippen molar-refractivity contribution in [2.45, 2.75) is 26.2 Å². The Morgan fingerprint density at radius 2 is 1.84 bits per heavy atom. The SMILES string of the molecule is CCNc1cc(NCCCCCO)cc([N+](=O)[O-])c1. The third kappa shape index (κ3) is 5.56. The Kier molecular flexibility index (Phi) is 6.67. The molecule has 0 unspecified atom stereocenters. The Morgan fingerprint density at radius 1 is 1.16 bits per heavy atom. The topological polar surface area (TPSA) is 87.4 Å². The zero-order valence-corrected chi connectivity index (χ0v) is 11.2. The molecule has 0 aliphatic carbocycles. The summed E-state index contributed by atoms with van der Waals surface area (Å²) in [5.41, 5.74) is 1.57. The Balaban J connectivity index is 2.62. The lowest BCUT2D eigenvalue weighted by atomic mass is 10.2. The Morgan fingerprint density at radius 3 is 2.42 bits per heavy atom. The number of nitro benzene ring substituents is 1. The monoisotopic (exact) mass is 267 g/mol. The van der Waals surface area contributed by atoms with Gasteiger partial charge in [0.2, 0.25) is 0 Å². The maximum atomic E-state index is 10.8. The molecule has 0 bridgehead atoms. The normalized spacial score (nSPS) is 10.2. The van der Waals surface area contributed by atoms with Crippen LogP contribution in [-0.2, 0) is 0 Å². The van der Waals surface area contributed by atoms with Gasteiger partial charge in [-0.05, 0) is 32.3 Å². The number of anilines is 2. The van der Waals surface area contributed by atoms with Gasteiger partial charge in [-0.3, -0.25) is 10.1 Å². The molecule has 0 saturated heterocycles. The first kappa shape index (κ1) is 15.2. The second-order valence-electron chi connectivity index (χ2n) is 4.27. The first-order valence-corrected chi connectivity index (χ1v) is 6.55. The summed E-state index contributed by atoms with van der Waals surface area (Å²) >= 11 is 0. The molecule has 0 radical (unpaired) electrons. The molecule has 1 aromatic carbocycles. The fraction of sp³-hybridized carbons (Fsp3) is 0.538. The number of unbranched alkanes of at least 4 members (excludes halogenated alkanes) is 2. The van der Waals surface area contributed by atoms with E-state index in [0.717, 1.165) is 43.7 Å². The number of hydrogen-bond acceptors (Lipinski definition) is 5. The molecule has 0 aromatic heterocycles. The van der Waals surface area contributed by atoms with Crippen LogP contribution in [0.25, 0.3) is 0 Å². The van der Waals surface area contributed by atoms with Gasteiger partial charge in [0.05, 0.1) is 4.92 Å². The van der Waals surface area contributed by atoms with E-state index in [0.29, 0.717) is 0 Å². The summed E-state index contributed by atoms with van der Waals surface area (Å²) in [7, 11) is 0. The van der Waals surface area contributed by atoms with Crippen LogP contribution in [0.2, 0.25) is 0 Å². The number of rotatable bonds is 9. The predicted molar refractivity (Wildman–Crippen MR) is 76.7 cm³/mol. The number of nitro groups is 1. The highest BCUT2D eigenvalue weighted by molar-refractivity contribution is 5.63. The van der Waals surface area contributed by atoms with Crippen molar-refractivity contribution >= 4 is 17.1 Å². The number of benzene rings is 1. The van der Waals surface area contributed by atoms with E-state index in [1.54, 1.807) is 0 Å². The van der Waals surface area contributed by atoms with Gasteiger partial charge >= 0.3 is 0 Å². The molecule has 1 aromatic rings. The lowest BCUT2D eigenvalue weighted by Crippen LogP contribution is -2.04. The second-order valence-corrected chi connectivity index (χ2v) is 4.27. The van der Waals surface area contributed by atoms with Gasteiger partial charge in [-0.25, -0.2) is 0 Å². The van der Waals surface area contributed by atoms with Crippen LogP contribution in [0.1, 0.15) is 26.2 Å². The first-order valence-electron chi connectivity index (χ1n) is 6.55. The molecule has 3 N–H and O–H groups in total. The van der Waals surface area contributed by atoms with E-state index < -0.39 is 4.92 Å². The first-order chi connectivity index (χ1) is 9.17. The Bertz CT molecular complexity index is 410. The molecule has 0 aliphatic rings. The number of non-ortho nitro benzene ring substituents is 1. The van der Waals surface area contributed by atoms with Crippen molar-refractivity contribution in [2.24, 2.45) is 0 Å². The summed E-state index contributed by atoms with van der Waals surface area (Å²) in [6.07, 6.45) is 2.66. The van der Waals surface area contributed by atoms with E-state index in [1.165, 1.54) is 12.1 Å². The van der Waals surface area contributed by atoms with Crippen molar-refractivity contribution in [1.82, 2.24) is 0 Å². The van der Waals surface area contributed by atoms with Crippen molar-refractivity contribution in [2.75, 3.05) is 30.3 Å². The molecule has 19 heavy (non-hydrogen) atoms. The molecule has 0 saturated carbocycles. The average molecular weight is 267 g/mol. The maximum absolute atomic E-state index is 10.8. The Hall–Kier alpha value is -1.82. The third-order valence-electron chi connectivity index (χ3n) is 2.67. The van der Waals surface area contributed by atoms with Crippen molar-refractivity contribution in [3.63, 3.8) is 0 Å². The highest BCUT2D eigenvalue weighted by Crippen LogP contribution is 2.24. The zero-order chi connectivity index (χ0) is 14.1. The van der Waals surface area contributed by atoms with Gasteiger partial charge in [0.1, 0.15) is 0 Å². The van der Waals surface area contributed by atoms with Gasteiger partial charge in [-0.15, -0.1) is 0 Å². The summed E-state index contributed by atoms with van der Waals surface area (Å²) < 4.78 is 0. The molecular weight excluding hydrogens is 246 g/mol. The molecule has 0 spiro atoms. The minimum atomic E-state index is -0.391. The van der Waals surface area contributed by atoms with E-state index in [2.05, 4.69) is 10.6 Å². The highest BCUT2D eigenvalue weighted by atomic mass is 16.6. The van der Waals surface area contributed by atoms with Gasteiger partial charge < -0.3 is 15.7 Å². The van der Waals surface area contributed by atoms with E-state index in [4.69, 9.17) is 5.11 Å². The van der Waals surface area contributed by atoms with Gasteiger partial charge in [-0.1, -0.05) is 0 Å². The fourth-order valence-corrected chi connectivity index (χ4v) is 1.77. The number of nitrogens with one attached hydrogen (secondary N) is 2. The smallest absolute Gasteiger partial charge is 0.273 e. The number of hydrogen-bond donors (Lipinski definition) is 3. The third-order valence-corrected chi connectivity index (χ3v) is 2.67. The molecular formula is C13H21N3O3. The average Bonchev–Trinajstić information content (AvgIpc) is 2.38. The summed E-state index contributed by atoms with van der Waals surface area (Å²) in [5, 5.41) is 25.8. The van der Waals surface area contributed by atoms with E-state index >= 15 is 0 Å². The fourth-order valence-electron chi connectivity index (χ4n) is 1.77. The lowest BCUT2D eigenvalue weighted by molar-refractivity contribution is -0.384. The summed E-state index contributed by atoms with van der Waals surface area (Å²) in [6, 6.07) is 4.93. The van der Waals surface area contributed by atoms with Crippen molar-refractivity contribution in [3.8, 4) is 0 Å². The minimum Gasteiger partial charge on any atom is -0.396 e. The standard InChI is InChI=1S/C13H21N3O3/c1-2-14-11-8-12(10-13(9-11)16(18)19)15-6-4-3-5-7-17/h8-10,14-15,17H,2-7H2,1H3. The minimum absolute atomic E-state index is 0.0799. The largest absolute Gasteiger partial charge is 0.396 e. The highest BCUT2D eigenvalue weighted by Gasteiger charge is 2.09. The summed E-state index contributed by atoms with van der Waals surface area (Å²) in [4.78, 5) is 10.5. The van der Waals surface area contributed by atoms with Crippen molar-refractivity contribution in [1.29, 1.82) is 0 Å². The molecule has 0 fully saturated rings. The second kappa shape index (κ2) is 8.31. The van der Waals surface area contributed by atoms with Crippen LogP contribution >= 0.6 is 0 Å². The van der Waals surface area contributed by atoms with Gasteiger partial charge in [0, 0.05) is 43.2 Å². The van der Waals surface area contributed by atoms with Crippen LogP contribution in [0.3, 0.4) is 0 Å². The Labute approximate surface area is 113 Å². The van der Waals surface area contributed by atoms with E-state index in [9.17, 15) is 10.1 Å². The molecule has 106 valence electrons. The quantitative estimate of drug-likeness (QED) is 0.363.